The molecule has 0 aliphatic heterocycles. The van der Waals surface area contributed by atoms with Gasteiger partial charge in [-0.1, -0.05) is 80.3 Å². The second kappa shape index (κ2) is 6.06. The van der Waals surface area contributed by atoms with Crippen LogP contribution in [0.25, 0.3) is 11.1 Å². The quantitative estimate of drug-likeness (QED) is 0.592. The molecule has 2 aromatic rings. The van der Waals surface area contributed by atoms with Crippen molar-refractivity contribution >= 4 is 0 Å². The fraction of sp³-hybridized carbons (Fsp3) is 0.368. The van der Waals surface area contributed by atoms with E-state index in [9.17, 15) is 0 Å². The van der Waals surface area contributed by atoms with Gasteiger partial charge in [-0.2, -0.15) is 0 Å². The average Bonchev–Trinajstić information content (AvgIpc) is 2.77. The predicted octanol–water partition coefficient (Wildman–Crippen LogP) is 5.79. The zero-order valence-electron chi connectivity index (χ0n) is 11.5. The normalized spacial score (nSPS) is 17.1. The first-order valence-electron chi connectivity index (χ1n) is 7.59. The Morgan fingerprint density at radius 2 is 1.16 bits per heavy atom. The van der Waals surface area contributed by atoms with Gasteiger partial charge in [-0.15, -0.1) is 0 Å². The molecule has 19 heavy (non-hydrogen) atoms. The van der Waals surface area contributed by atoms with Crippen molar-refractivity contribution in [2.45, 2.75) is 44.4 Å². The highest BCUT2D eigenvalue weighted by molar-refractivity contribution is 5.63. The van der Waals surface area contributed by atoms with Gasteiger partial charge in [0.25, 0.3) is 0 Å². The summed E-state index contributed by atoms with van der Waals surface area (Å²) in [5.74, 6) is 0.798. The molecule has 0 N–H and O–H groups in total. The number of hydrogen-bond donors (Lipinski definition) is 0. The molecule has 1 aliphatic carbocycles. The van der Waals surface area contributed by atoms with E-state index >= 15 is 0 Å². The van der Waals surface area contributed by atoms with Crippen molar-refractivity contribution in [3.8, 4) is 11.1 Å². The summed E-state index contributed by atoms with van der Waals surface area (Å²) in [4.78, 5) is 0. The van der Waals surface area contributed by atoms with Crippen LogP contribution in [-0.4, -0.2) is 0 Å². The zero-order chi connectivity index (χ0) is 12.9. The van der Waals surface area contributed by atoms with Crippen molar-refractivity contribution in [2.75, 3.05) is 0 Å². The van der Waals surface area contributed by atoms with E-state index in [4.69, 9.17) is 0 Å². The molecule has 0 nitrogen and oxygen atoms in total. The predicted molar refractivity (Wildman–Crippen MR) is 82.3 cm³/mol. The van der Waals surface area contributed by atoms with E-state index < -0.39 is 0 Å². The van der Waals surface area contributed by atoms with E-state index in [0.29, 0.717) is 0 Å². The largest absolute Gasteiger partial charge is 0.0622 e. The molecule has 0 amide bonds. The van der Waals surface area contributed by atoms with Crippen LogP contribution in [0.1, 0.15) is 50.0 Å². The molecule has 1 saturated carbocycles. The third kappa shape index (κ3) is 3.07. The molecule has 0 heterocycles. The van der Waals surface area contributed by atoms with Gasteiger partial charge in [0.15, 0.2) is 0 Å². The van der Waals surface area contributed by atoms with Crippen molar-refractivity contribution in [2.24, 2.45) is 0 Å². The van der Waals surface area contributed by atoms with Gasteiger partial charge in [-0.05, 0) is 35.4 Å². The summed E-state index contributed by atoms with van der Waals surface area (Å²) < 4.78 is 0. The number of rotatable bonds is 2. The standard InChI is InChI=1S/C19H22/c1-2-5-9-16(8-4-1)18-12-14-19(15-13-18)17-10-6-3-7-11-17/h3,6-7,10-16H,1-2,4-5,8-9H2. The van der Waals surface area contributed by atoms with Gasteiger partial charge in [0, 0.05) is 0 Å². The van der Waals surface area contributed by atoms with Gasteiger partial charge in [0.05, 0.1) is 0 Å². The van der Waals surface area contributed by atoms with Crippen LogP contribution in [0.2, 0.25) is 0 Å². The van der Waals surface area contributed by atoms with Crippen LogP contribution in [0.5, 0.6) is 0 Å². The molecule has 0 heteroatoms. The summed E-state index contributed by atoms with van der Waals surface area (Å²) in [6, 6.07) is 19.9. The van der Waals surface area contributed by atoms with Crippen molar-refractivity contribution in [1.82, 2.24) is 0 Å². The van der Waals surface area contributed by atoms with Crippen molar-refractivity contribution in [3.63, 3.8) is 0 Å². The first kappa shape index (κ1) is 12.5. The highest BCUT2D eigenvalue weighted by atomic mass is 14.2. The Balaban J connectivity index is 1.78. The lowest BCUT2D eigenvalue weighted by Crippen LogP contribution is -1.96. The van der Waals surface area contributed by atoms with Crippen LogP contribution in [0.15, 0.2) is 54.6 Å². The summed E-state index contributed by atoms with van der Waals surface area (Å²) in [7, 11) is 0. The van der Waals surface area contributed by atoms with Crippen LogP contribution >= 0.6 is 0 Å². The molecule has 0 atom stereocenters. The highest BCUT2D eigenvalue weighted by Crippen LogP contribution is 2.32. The maximum absolute atomic E-state index is 2.35. The van der Waals surface area contributed by atoms with Crippen molar-refractivity contribution < 1.29 is 0 Å². The maximum atomic E-state index is 2.35. The van der Waals surface area contributed by atoms with Crippen LogP contribution in [0, 0.1) is 0 Å². The SMILES string of the molecule is c1ccc(-c2ccc(C3CCCCCC3)cc2)cc1. The molecule has 0 spiro atoms. The summed E-state index contributed by atoms with van der Waals surface area (Å²) >= 11 is 0. The van der Waals surface area contributed by atoms with Crippen LogP contribution in [0.4, 0.5) is 0 Å². The van der Waals surface area contributed by atoms with E-state index in [1.165, 1.54) is 49.7 Å². The van der Waals surface area contributed by atoms with E-state index in [1.54, 1.807) is 5.56 Å². The van der Waals surface area contributed by atoms with E-state index in [0.717, 1.165) is 5.92 Å². The van der Waals surface area contributed by atoms with Gasteiger partial charge in [0.1, 0.15) is 0 Å². The smallest absolute Gasteiger partial charge is 0.0162 e. The molecule has 0 saturated heterocycles. The highest BCUT2D eigenvalue weighted by Gasteiger charge is 2.14. The molecule has 98 valence electrons. The maximum Gasteiger partial charge on any atom is -0.0162 e. The monoisotopic (exact) mass is 250 g/mol. The Hall–Kier alpha value is -1.56. The first-order valence-corrected chi connectivity index (χ1v) is 7.59. The second-order valence-corrected chi connectivity index (χ2v) is 5.68. The van der Waals surface area contributed by atoms with Crippen molar-refractivity contribution in [3.05, 3.63) is 60.2 Å². The lowest BCUT2D eigenvalue weighted by atomic mass is 9.90. The molecule has 2 aromatic carbocycles. The minimum atomic E-state index is 0.798. The fourth-order valence-electron chi connectivity index (χ4n) is 3.19. The lowest BCUT2D eigenvalue weighted by Gasteiger charge is -2.15. The van der Waals surface area contributed by atoms with Crippen LogP contribution < -0.4 is 0 Å². The first-order chi connectivity index (χ1) is 9.43. The summed E-state index contributed by atoms with van der Waals surface area (Å²) in [6.07, 6.45) is 8.43. The Labute approximate surface area is 116 Å². The number of hydrogen-bond acceptors (Lipinski definition) is 0. The molecule has 0 unspecified atom stereocenters. The topological polar surface area (TPSA) is 0 Å². The Bertz CT molecular complexity index is 487. The summed E-state index contributed by atoms with van der Waals surface area (Å²) in [5, 5.41) is 0. The fourth-order valence-corrected chi connectivity index (χ4v) is 3.19. The van der Waals surface area contributed by atoms with Crippen LogP contribution in [0.3, 0.4) is 0 Å². The minimum Gasteiger partial charge on any atom is -0.0622 e. The Kier molecular flexibility index (Phi) is 3.98. The second-order valence-electron chi connectivity index (χ2n) is 5.68. The van der Waals surface area contributed by atoms with Gasteiger partial charge in [0.2, 0.25) is 0 Å². The van der Waals surface area contributed by atoms with E-state index in [-0.39, 0.29) is 0 Å². The molecule has 3 rings (SSSR count). The van der Waals surface area contributed by atoms with E-state index in [1.807, 2.05) is 0 Å². The molecule has 1 fully saturated rings. The third-order valence-electron chi connectivity index (χ3n) is 4.34. The molecule has 0 aromatic heterocycles. The lowest BCUT2D eigenvalue weighted by molar-refractivity contribution is 0.592. The zero-order valence-corrected chi connectivity index (χ0v) is 11.5. The number of benzene rings is 2. The molecular formula is C19H22. The molecule has 0 bridgehead atoms. The summed E-state index contributed by atoms with van der Waals surface area (Å²) in [5.41, 5.74) is 4.19. The molecule has 0 radical (unpaired) electrons. The van der Waals surface area contributed by atoms with Crippen LogP contribution in [-0.2, 0) is 0 Å². The average molecular weight is 250 g/mol. The third-order valence-corrected chi connectivity index (χ3v) is 4.34. The van der Waals surface area contributed by atoms with Gasteiger partial charge in [-0.3, -0.25) is 0 Å². The Morgan fingerprint density at radius 3 is 1.79 bits per heavy atom. The van der Waals surface area contributed by atoms with Gasteiger partial charge >= 0.3 is 0 Å². The Morgan fingerprint density at radius 1 is 0.579 bits per heavy atom. The van der Waals surface area contributed by atoms with E-state index in [2.05, 4.69) is 54.6 Å². The van der Waals surface area contributed by atoms with Crippen molar-refractivity contribution in [1.29, 1.82) is 0 Å². The molecule has 1 aliphatic rings. The summed E-state index contributed by atoms with van der Waals surface area (Å²) in [6.45, 7) is 0. The minimum absolute atomic E-state index is 0.798. The molecular weight excluding hydrogens is 228 g/mol. The van der Waals surface area contributed by atoms with Gasteiger partial charge < -0.3 is 0 Å². The van der Waals surface area contributed by atoms with Gasteiger partial charge in [-0.25, -0.2) is 0 Å².